The lowest BCUT2D eigenvalue weighted by Crippen LogP contribution is -2.47. The molecule has 0 radical (unpaired) electrons. The minimum absolute atomic E-state index is 0.434. The predicted octanol–water partition coefficient (Wildman–Crippen LogP) is 6.48. The molecule has 6 rings (SSSR count). The van der Waals surface area contributed by atoms with Gasteiger partial charge < -0.3 is 5.32 Å². The van der Waals surface area contributed by atoms with Crippen molar-refractivity contribution in [3.8, 4) is 0 Å². The molecule has 4 aliphatic carbocycles. The maximum absolute atomic E-state index is 10.6. The van der Waals surface area contributed by atoms with Crippen LogP contribution in [-0.2, 0) is 10.2 Å². The number of rotatable bonds is 7. The molecule has 0 heterocycles. The van der Waals surface area contributed by atoms with Crippen LogP contribution in [0.3, 0.4) is 0 Å². The summed E-state index contributed by atoms with van der Waals surface area (Å²) in [7, 11) is 0. The average molecular weight is 386 g/mol. The standard InChI is InChI=1S/C27H31NO/c29-18-2-4-21-3-1-5-25(19-21)28-20-26-12-15-27(16-13-26,17-14-26)24-10-8-23(9-11-24)22-6-7-22/h1-5,8-11,18-19,22,28H,6-7,12-17,20H2/b4-2+. The van der Waals surface area contributed by atoms with E-state index in [4.69, 9.17) is 0 Å². The molecule has 2 nitrogen and oxygen atoms in total. The van der Waals surface area contributed by atoms with Gasteiger partial charge in [0.1, 0.15) is 6.29 Å². The first kappa shape index (κ1) is 18.7. The van der Waals surface area contributed by atoms with Crippen LogP contribution in [0.2, 0.25) is 0 Å². The molecular formula is C27H31NO. The summed E-state index contributed by atoms with van der Waals surface area (Å²) in [6, 6.07) is 18.1. The Morgan fingerprint density at radius 1 is 0.931 bits per heavy atom. The molecule has 4 saturated carbocycles. The Hall–Kier alpha value is -2.35. The largest absolute Gasteiger partial charge is 0.384 e. The Morgan fingerprint density at radius 3 is 2.31 bits per heavy atom. The number of carbonyl (C=O) groups is 1. The Morgan fingerprint density at radius 2 is 1.66 bits per heavy atom. The van der Waals surface area contributed by atoms with Crippen LogP contribution in [0.25, 0.3) is 6.08 Å². The van der Waals surface area contributed by atoms with E-state index in [1.807, 2.05) is 12.1 Å². The summed E-state index contributed by atoms with van der Waals surface area (Å²) in [5.41, 5.74) is 6.26. The highest BCUT2D eigenvalue weighted by Crippen LogP contribution is 2.57. The van der Waals surface area contributed by atoms with Crippen LogP contribution in [0.15, 0.2) is 54.6 Å². The van der Waals surface area contributed by atoms with Crippen LogP contribution >= 0.6 is 0 Å². The second-order valence-corrected chi connectivity index (χ2v) is 9.65. The smallest absolute Gasteiger partial charge is 0.142 e. The van der Waals surface area contributed by atoms with E-state index >= 15 is 0 Å². The summed E-state index contributed by atoms with van der Waals surface area (Å²) in [6.07, 6.45) is 15.0. The quantitative estimate of drug-likeness (QED) is 0.436. The second kappa shape index (κ2) is 7.48. The van der Waals surface area contributed by atoms with Gasteiger partial charge in [0.25, 0.3) is 0 Å². The fourth-order valence-corrected chi connectivity index (χ4v) is 5.68. The zero-order valence-electron chi connectivity index (χ0n) is 17.2. The molecule has 0 aliphatic heterocycles. The van der Waals surface area contributed by atoms with E-state index in [9.17, 15) is 4.79 Å². The number of nitrogens with one attached hydrogen (secondary N) is 1. The van der Waals surface area contributed by atoms with Crippen LogP contribution in [0.5, 0.6) is 0 Å². The van der Waals surface area contributed by atoms with Crippen molar-refractivity contribution in [1.29, 1.82) is 0 Å². The molecule has 2 bridgehead atoms. The maximum Gasteiger partial charge on any atom is 0.142 e. The van der Waals surface area contributed by atoms with Crippen molar-refractivity contribution in [2.24, 2.45) is 5.41 Å². The van der Waals surface area contributed by atoms with Gasteiger partial charge in [-0.1, -0.05) is 42.5 Å². The summed E-state index contributed by atoms with van der Waals surface area (Å²) in [5, 5.41) is 3.70. The first-order valence-electron chi connectivity index (χ1n) is 11.3. The number of hydrogen-bond donors (Lipinski definition) is 1. The molecule has 2 heteroatoms. The van der Waals surface area contributed by atoms with Gasteiger partial charge in [0.2, 0.25) is 0 Å². The third-order valence-electron chi connectivity index (χ3n) is 7.89. The van der Waals surface area contributed by atoms with Gasteiger partial charge in [0.05, 0.1) is 0 Å². The van der Waals surface area contributed by atoms with E-state index < -0.39 is 0 Å². The van der Waals surface area contributed by atoms with Crippen molar-refractivity contribution in [3.63, 3.8) is 0 Å². The summed E-state index contributed by atoms with van der Waals surface area (Å²) in [6.45, 7) is 1.06. The number of fused-ring (bicyclic) bond motifs is 3. The molecule has 0 spiro atoms. The fraction of sp³-hybridized carbons (Fsp3) is 0.444. The molecule has 0 saturated heterocycles. The van der Waals surface area contributed by atoms with Gasteiger partial charge in [0.15, 0.2) is 0 Å². The highest BCUT2D eigenvalue weighted by Gasteiger charge is 2.49. The van der Waals surface area contributed by atoms with E-state index in [-0.39, 0.29) is 0 Å². The van der Waals surface area contributed by atoms with Gasteiger partial charge in [-0.2, -0.15) is 0 Å². The van der Waals surface area contributed by atoms with Crippen LogP contribution in [0.4, 0.5) is 5.69 Å². The first-order valence-corrected chi connectivity index (χ1v) is 11.3. The third kappa shape index (κ3) is 3.77. The van der Waals surface area contributed by atoms with Crippen molar-refractivity contribution >= 4 is 18.0 Å². The molecule has 0 amide bonds. The lowest BCUT2D eigenvalue weighted by Gasteiger charge is -2.54. The molecule has 0 atom stereocenters. The second-order valence-electron chi connectivity index (χ2n) is 9.65. The van der Waals surface area contributed by atoms with Gasteiger partial charge >= 0.3 is 0 Å². The molecule has 0 aromatic heterocycles. The third-order valence-corrected chi connectivity index (χ3v) is 7.89. The topological polar surface area (TPSA) is 29.1 Å². The summed E-state index contributed by atoms with van der Waals surface area (Å²) in [5.74, 6) is 0.852. The molecule has 2 aromatic carbocycles. The number of benzene rings is 2. The van der Waals surface area contributed by atoms with E-state index in [1.165, 1.54) is 51.4 Å². The average Bonchev–Trinajstić information content (AvgIpc) is 3.64. The SMILES string of the molecule is O=C/C=C/c1cccc(NCC23CCC(c4ccc(C5CC5)cc4)(CC2)CC3)c1. The Bertz CT molecular complexity index is 882. The molecule has 4 fully saturated rings. The van der Waals surface area contributed by atoms with E-state index in [0.717, 1.165) is 30.0 Å². The maximum atomic E-state index is 10.6. The van der Waals surface area contributed by atoms with Gasteiger partial charge in [0, 0.05) is 12.2 Å². The number of anilines is 1. The molecule has 1 N–H and O–H groups in total. The minimum atomic E-state index is 0.434. The molecule has 29 heavy (non-hydrogen) atoms. The van der Waals surface area contributed by atoms with Crippen molar-refractivity contribution in [1.82, 2.24) is 0 Å². The minimum Gasteiger partial charge on any atom is -0.384 e. The van der Waals surface area contributed by atoms with Crippen LogP contribution in [-0.4, -0.2) is 12.8 Å². The fourth-order valence-electron chi connectivity index (χ4n) is 5.68. The Labute approximate surface area is 174 Å². The van der Waals surface area contributed by atoms with Gasteiger partial charge in [-0.05, 0) is 103 Å². The van der Waals surface area contributed by atoms with Crippen LogP contribution < -0.4 is 5.32 Å². The lowest BCUT2D eigenvalue weighted by molar-refractivity contribution is -0.104. The lowest BCUT2D eigenvalue weighted by atomic mass is 9.52. The van der Waals surface area contributed by atoms with E-state index in [1.54, 1.807) is 17.2 Å². The van der Waals surface area contributed by atoms with Gasteiger partial charge in [-0.25, -0.2) is 0 Å². The highest BCUT2D eigenvalue weighted by molar-refractivity contribution is 5.74. The normalized spacial score (nSPS) is 28.6. The zero-order valence-corrected chi connectivity index (χ0v) is 17.2. The predicted molar refractivity (Wildman–Crippen MR) is 120 cm³/mol. The molecule has 150 valence electrons. The van der Waals surface area contributed by atoms with Crippen molar-refractivity contribution in [3.05, 3.63) is 71.3 Å². The van der Waals surface area contributed by atoms with Crippen molar-refractivity contribution < 1.29 is 4.79 Å². The molecular weight excluding hydrogens is 354 g/mol. The Balaban J connectivity index is 1.22. The summed E-state index contributed by atoms with van der Waals surface area (Å²) < 4.78 is 0. The summed E-state index contributed by atoms with van der Waals surface area (Å²) >= 11 is 0. The number of hydrogen-bond acceptors (Lipinski definition) is 2. The number of allylic oxidation sites excluding steroid dienone is 1. The monoisotopic (exact) mass is 385 g/mol. The highest BCUT2D eigenvalue weighted by atomic mass is 16.1. The molecule has 4 aliphatic rings. The number of aldehydes is 1. The van der Waals surface area contributed by atoms with Crippen LogP contribution in [0, 0.1) is 5.41 Å². The van der Waals surface area contributed by atoms with Gasteiger partial charge in [-0.15, -0.1) is 0 Å². The molecule has 0 unspecified atom stereocenters. The Kier molecular flexibility index (Phi) is 4.81. The molecule has 2 aromatic rings. The number of carbonyl (C=O) groups excluding carboxylic acids is 1. The van der Waals surface area contributed by atoms with E-state index in [2.05, 4.69) is 47.8 Å². The van der Waals surface area contributed by atoms with Crippen LogP contribution in [0.1, 0.15) is 74.0 Å². The summed E-state index contributed by atoms with van der Waals surface area (Å²) in [4.78, 5) is 10.6. The van der Waals surface area contributed by atoms with Crippen molar-refractivity contribution in [2.45, 2.75) is 62.7 Å². The first-order chi connectivity index (χ1) is 14.2. The zero-order chi connectivity index (χ0) is 19.7. The van der Waals surface area contributed by atoms with E-state index in [0.29, 0.717) is 10.8 Å². The van der Waals surface area contributed by atoms with Crippen molar-refractivity contribution in [2.75, 3.05) is 11.9 Å². The van der Waals surface area contributed by atoms with Gasteiger partial charge in [-0.3, -0.25) is 4.79 Å².